The van der Waals surface area contributed by atoms with Crippen LogP contribution in [0.15, 0.2) is 24.5 Å². The van der Waals surface area contributed by atoms with Crippen LogP contribution in [0.1, 0.15) is 0 Å². The zero-order valence-corrected chi connectivity index (χ0v) is 5.49. The Labute approximate surface area is 53.9 Å². The second kappa shape index (κ2) is 2.87. The topological polar surface area (TPSA) is 53.4 Å². The van der Waals surface area contributed by atoms with Crippen molar-refractivity contribution in [1.29, 1.82) is 0 Å². The molecule has 2 N–H and O–H groups in total. The molecule has 0 aliphatic carbocycles. The summed E-state index contributed by atoms with van der Waals surface area (Å²) < 4.78 is 0. The Morgan fingerprint density at radius 1 is 1.44 bits per heavy atom. The lowest BCUT2D eigenvalue weighted by Gasteiger charge is -1.97. The van der Waals surface area contributed by atoms with Crippen molar-refractivity contribution in [2.24, 2.45) is 0 Å². The molecule has 0 saturated carbocycles. The molecule has 0 saturated heterocycles. The standard InChI is InChI=1S/C5H6NO2P/c7-9(8)5-2-1-3-6-4-5/h1-4,7-8H. The monoisotopic (exact) mass is 143 g/mol. The molecule has 0 amide bonds. The number of pyridine rings is 1. The first kappa shape index (κ1) is 6.62. The number of hydrogen-bond acceptors (Lipinski definition) is 3. The van der Waals surface area contributed by atoms with Gasteiger partial charge in [0.1, 0.15) is 0 Å². The molecule has 0 atom stereocenters. The smallest absolute Gasteiger partial charge is 0.201 e. The quantitative estimate of drug-likeness (QED) is 0.544. The summed E-state index contributed by atoms with van der Waals surface area (Å²) in [4.78, 5) is 20.9. The highest BCUT2D eigenvalue weighted by Crippen LogP contribution is 2.19. The number of hydrogen-bond donors (Lipinski definition) is 2. The summed E-state index contributed by atoms with van der Waals surface area (Å²) in [6, 6.07) is 3.29. The number of nitrogens with zero attached hydrogens (tertiary/aromatic N) is 1. The van der Waals surface area contributed by atoms with Crippen LogP contribution in [0, 0.1) is 0 Å². The van der Waals surface area contributed by atoms with Gasteiger partial charge in [-0.25, -0.2) is 0 Å². The van der Waals surface area contributed by atoms with Crippen molar-refractivity contribution in [2.45, 2.75) is 0 Å². The molecule has 3 nitrogen and oxygen atoms in total. The third-order valence-corrected chi connectivity index (χ3v) is 1.60. The molecule has 0 aliphatic rings. The second-order valence-corrected chi connectivity index (χ2v) is 2.60. The molecular weight excluding hydrogens is 137 g/mol. The van der Waals surface area contributed by atoms with Crippen molar-refractivity contribution in [1.82, 2.24) is 4.98 Å². The molecule has 0 radical (unpaired) electrons. The van der Waals surface area contributed by atoms with Crippen molar-refractivity contribution < 1.29 is 9.79 Å². The van der Waals surface area contributed by atoms with Crippen LogP contribution in [0.3, 0.4) is 0 Å². The second-order valence-electron chi connectivity index (χ2n) is 1.50. The van der Waals surface area contributed by atoms with E-state index in [0.717, 1.165) is 0 Å². The minimum atomic E-state index is -1.96. The molecule has 4 heteroatoms. The van der Waals surface area contributed by atoms with Crippen LogP contribution in [0.2, 0.25) is 0 Å². The Hall–Kier alpha value is -0.500. The molecule has 48 valence electrons. The Morgan fingerprint density at radius 2 is 2.22 bits per heavy atom. The average Bonchev–Trinajstić information content (AvgIpc) is 1.90. The molecule has 0 aromatic carbocycles. The third kappa shape index (κ3) is 1.72. The van der Waals surface area contributed by atoms with Crippen LogP contribution in [0.5, 0.6) is 0 Å². The maximum Gasteiger partial charge on any atom is 0.201 e. The van der Waals surface area contributed by atoms with E-state index in [1.54, 1.807) is 18.3 Å². The van der Waals surface area contributed by atoms with Crippen LogP contribution in [0.4, 0.5) is 0 Å². The van der Waals surface area contributed by atoms with Gasteiger partial charge in [0.05, 0.1) is 0 Å². The first-order valence-corrected chi connectivity index (χ1v) is 3.63. The Morgan fingerprint density at radius 3 is 2.56 bits per heavy atom. The number of aromatic nitrogens is 1. The van der Waals surface area contributed by atoms with Gasteiger partial charge in [0.25, 0.3) is 0 Å². The van der Waals surface area contributed by atoms with Crippen LogP contribution in [0.25, 0.3) is 0 Å². The number of rotatable bonds is 1. The van der Waals surface area contributed by atoms with Crippen molar-refractivity contribution in [3.8, 4) is 0 Å². The van der Waals surface area contributed by atoms with Gasteiger partial charge >= 0.3 is 0 Å². The summed E-state index contributed by atoms with van der Waals surface area (Å²) in [5.41, 5.74) is 0. The minimum Gasteiger partial charge on any atom is -0.347 e. The van der Waals surface area contributed by atoms with Crippen molar-refractivity contribution in [3.63, 3.8) is 0 Å². The molecular formula is C5H6NO2P. The largest absolute Gasteiger partial charge is 0.347 e. The molecule has 0 bridgehead atoms. The Balaban J connectivity index is 2.85. The maximum absolute atomic E-state index is 8.60. The highest BCUT2D eigenvalue weighted by Gasteiger charge is 1.99. The summed E-state index contributed by atoms with van der Waals surface area (Å²) in [5.74, 6) is 0. The van der Waals surface area contributed by atoms with Gasteiger partial charge in [0, 0.05) is 17.7 Å². The highest BCUT2D eigenvalue weighted by molar-refractivity contribution is 7.53. The molecule has 1 aromatic heterocycles. The lowest BCUT2D eigenvalue weighted by atomic mass is 10.5. The van der Waals surface area contributed by atoms with Gasteiger partial charge in [0.15, 0.2) is 0 Å². The molecule has 0 spiro atoms. The van der Waals surface area contributed by atoms with Crippen LogP contribution in [-0.2, 0) is 0 Å². The molecule has 0 aliphatic heterocycles. The van der Waals surface area contributed by atoms with E-state index >= 15 is 0 Å². The normalized spacial score (nSPS) is 10.1. The molecule has 0 unspecified atom stereocenters. The van der Waals surface area contributed by atoms with Gasteiger partial charge in [-0.15, -0.1) is 0 Å². The lowest BCUT2D eigenvalue weighted by molar-refractivity contribution is 0.497. The Bertz CT molecular complexity index is 178. The summed E-state index contributed by atoms with van der Waals surface area (Å²) in [6.07, 6.45) is 3.02. The fourth-order valence-electron chi connectivity index (χ4n) is 0.472. The average molecular weight is 143 g/mol. The van der Waals surface area contributed by atoms with Gasteiger partial charge in [-0.05, 0) is 12.1 Å². The molecule has 9 heavy (non-hydrogen) atoms. The minimum absolute atomic E-state index is 0.479. The van der Waals surface area contributed by atoms with E-state index in [1.165, 1.54) is 6.20 Å². The molecule has 0 fully saturated rings. The van der Waals surface area contributed by atoms with E-state index in [9.17, 15) is 0 Å². The SMILES string of the molecule is OP(O)c1cccnc1. The maximum atomic E-state index is 8.60. The summed E-state index contributed by atoms with van der Waals surface area (Å²) in [5, 5.41) is 0.479. The van der Waals surface area contributed by atoms with Crippen LogP contribution >= 0.6 is 8.38 Å². The van der Waals surface area contributed by atoms with E-state index in [4.69, 9.17) is 9.79 Å². The first-order chi connectivity index (χ1) is 4.30. The van der Waals surface area contributed by atoms with Crippen molar-refractivity contribution in [3.05, 3.63) is 24.5 Å². The summed E-state index contributed by atoms with van der Waals surface area (Å²) >= 11 is 0. The van der Waals surface area contributed by atoms with Gasteiger partial charge < -0.3 is 9.79 Å². The zero-order chi connectivity index (χ0) is 6.69. The zero-order valence-electron chi connectivity index (χ0n) is 4.60. The van der Waals surface area contributed by atoms with Crippen LogP contribution in [-0.4, -0.2) is 14.8 Å². The lowest BCUT2D eigenvalue weighted by Crippen LogP contribution is -1.98. The van der Waals surface area contributed by atoms with E-state index in [2.05, 4.69) is 4.98 Å². The summed E-state index contributed by atoms with van der Waals surface area (Å²) in [7, 11) is -1.96. The van der Waals surface area contributed by atoms with E-state index in [-0.39, 0.29) is 0 Å². The highest BCUT2D eigenvalue weighted by atomic mass is 31.2. The fourth-order valence-corrected chi connectivity index (χ4v) is 0.861. The van der Waals surface area contributed by atoms with E-state index < -0.39 is 8.38 Å². The molecule has 1 heterocycles. The predicted octanol–water partition coefficient (Wildman–Crippen LogP) is 0.00340. The Kier molecular flexibility index (Phi) is 2.11. The van der Waals surface area contributed by atoms with Gasteiger partial charge in [-0.3, -0.25) is 4.98 Å². The summed E-state index contributed by atoms with van der Waals surface area (Å²) in [6.45, 7) is 0. The van der Waals surface area contributed by atoms with Gasteiger partial charge in [-0.2, -0.15) is 0 Å². The predicted molar refractivity (Wildman–Crippen MR) is 35.2 cm³/mol. The first-order valence-electron chi connectivity index (χ1n) is 2.38. The fraction of sp³-hybridized carbons (Fsp3) is 0. The van der Waals surface area contributed by atoms with E-state index in [1.807, 2.05) is 0 Å². The van der Waals surface area contributed by atoms with Gasteiger partial charge in [-0.1, -0.05) is 0 Å². The third-order valence-electron chi connectivity index (χ3n) is 0.877. The van der Waals surface area contributed by atoms with Crippen LogP contribution < -0.4 is 5.30 Å². The van der Waals surface area contributed by atoms with E-state index in [0.29, 0.717) is 5.30 Å². The van der Waals surface area contributed by atoms with Crippen molar-refractivity contribution >= 4 is 13.7 Å². The van der Waals surface area contributed by atoms with Crippen molar-refractivity contribution in [2.75, 3.05) is 0 Å². The molecule has 1 aromatic rings. The van der Waals surface area contributed by atoms with Gasteiger partial charge in [0.2, 0.25) is 8.38 Å². The molecule has 1 rings (SSSR count).